The van der Waals surface area contributed by atoms with Crippen LogP contribution in [0.1, 0.15) is 85.2 Å². The van der Waals surface area contributed by atoms with Gasteiger partial charge in [-0.15, -0.1) is 0 Å². The van der Waals surface area contributed by atoms with Crippen LogP contribution in [0.25, 0.3) is 10.8 Å². The molecule has 4 N–H and O–H groups in total. The van der Waals surface area contributed by atoms with Gasteiger partial charge in [-0.05, 0) is 67.5 Å². The largest absolute Gasteiger partial charge is 0.345 e. The number of amides is 3. The van der Waals surface area contributed by atoms with Crippen molar-refractivity contribution in [3.63, 3.8) is 0 Å². The number of aromatic nitrogens is 2. The van der Waals surface area contributed by atoms with Gasteiger partial charge in [0.2, 0.25) is 10.0 Å². The first-order chi connectivity index (χ1) is 18.7. The lowest BCUT2D eigenvalue weighted by Gasteiger charge is -2.19. The maximum Gasteiger partial charge on any atom is 0.315 e. The van der Waals surface area contributed by atoms with Crippen LogP contribution >= 0.6 is 0 Å². The van der Waals surface area contributed by atoms with E-state index >= 15 is 0 Å². The topological polar surface area (TPSA) is 142 Å². The minimum Gasteiger partial charge on any atom is -0.345 e. The lowest BCUT2D eigenvalue weighted by molar-refractivity contribution is 0.0935. The zero-order chi connectivity index (χ0) is 27.7. The quantitative estimate of drug-likeness (QED) is 0.320. The molecule has 10 nitrogen and oxygen atoms in total. The number of nitrogens with one attached hydrogen (secondary N) is 4. The molecule has 1 aromatic carbocycles. The van der Waals surface area contributed by atoms with Crippen molar-refractivity contribution in [2.45, 2.75) is 62.9 Å². The third-order valence-electron chi connectivity index (χ3n) is 7.11. The van der Waals surface area contributed by atoms with Crippen molar-refractivity contribution < 1.29 is 18.0 Å². The van der Waals surface area contributed by atoms with Crippen molar-refractivity contribution in [2.24, 2.45) is 5.92 Å². The third-order valence-corrected chi connectivity index (χ3v) is 8.58. The Morgan fingerprint density at radius 2 is 1.87 bits per heavy atom. The van der Waals surface area contributed by atoms with Gasteiger partial charge in [0.1, 0.15) is 0 Å². The number of carbonyl (C=O) groups is 2. The molecule has 0 spiro atoms. The molecule has 1 saturated carbocycles. The van der Waals surface area contributed by atoms with Crippen LogP contribution in [0.4, 0.5) is 4.79 Å². The van der Waals surface area contributed by atoms with Crippen LogP contribution in [0.5, 0.6) is 0 Å². The van der Waals surface area contributed by atoms with Gasteiger partial charge in [-0.2, -0.15) is 0 Å². The van der Waals surface area contributed by atoms with Gasteiger partial charge in [0.15, 0.2) is 0 Å². The summed E-state index contributed by atoms with van der Waals surface area (Å²) in [5, 5.41) is 10.0. The van der Waals surface area contributed by atoms with E-state index in [1.807, 2.05) is 26.8 Å². The van der Waals surface area contributed by atoms with E-state index in [0.29, 0.717) is 47.3 Å². The van der Waals surface area contributed by atoms with Gasteiger partial charge in [-0.1, -0.05) is 13.8 Å². The fourth-order valence-corrected chi connectivity index (χ4v) is 6.50. The van der Waals surface area contributed by atoms with Crippen LogP contribution in [0.3, 0.4) is 0 Å². The second-order valence-corrected chi connectivity index (χ2v) is 12.3. The van der Waals surface area contributed by atoms with Gasteiger partial charge in [0.25, 0.3) is 5.91 Å². The molecule has 3 amide bonds. The lowest BCUT2D eigenvalue weighted by atomic mass is 9.98. The molecule has 0 bridgehead atoms. The number of hydrogen-bond acceptors (Lipinski definition) is 6. The normalized spacial score (nSPS) is 18.7. The first kappa shape index (κ1) is 27.0. The maximum absolute atomic E-state index is 13.6. The number of sulfonamides is 1. The van der Waals surface area contributed by atoms with Crippen molar-refractivity contribution in [3.8, 4) is 0 Å². The van der Waals surface area contributed by atoms with Gasteiger partial charge in [0.05, 0.1) is 22.5 Å². The summed E-state index contributed by atoms with van der Waals surface area (Å²) in [6.45, 7) is 6.47. The molecule has 0 radical (unpaired) electrons. The Morgan fingerprint density at radius 3 is 2.54 bits per heavy atom. The van der Waals surface area contributed by atoms with Crippen molar-refractivity contribution in [1.82, 2.24) is 30.6 Å². The van der Waals surface area contributed by atoms with E-state index < -0.39 is 22.1 Å². The number of nitrogens with zero attached hydrogens (tertiary/aromatic N) is 2. The fourth-order valence-electron chi connectivity index (χ4n) is 5.06. The van der Waals surface area contributed by atoms with Crippen molar-refractivity contribution >= 4 is 32.7 Å². The van der Waals surface area contributed by atoms with E-state index in [-0.39, 0.29) is 22.8 Å². The van der Waals surface area contributed by atoms with E-state index in [9.17, 15) is 18.0 Å². The summed E-state index contributed by atoms with van der Waals surface area (Å²) < 4.78 is 30.0. The summed E-state index contributed by atoms with van der Waals surface area (Å²) in [6, 6.07) is 5.55. The summed E-state index contributed by atoms with van der Waals surface area (Å²) in [7, 11) is -3.88. The number of fused-ring (bicyclic) bond motifs is 3. The first-order valence-corrected chi connectivity index (χ1v) is 14.9. The molecule has 39 heavy (non-hydrogen) atoms. The second kappa shape index (κ2) is 10.9. The molecular weight excluding hydrogens is 516 g/mol. The highest BCUT2D eigenvalue weighted by atomic mass is 32.2. The predicted octanol–water partition coefficient (Wildman–Crippen LogP) is 3.68. The van der Waals surface area contributed by atoms with Gasteiger partial charge in [-0.3, -0.25) is 14.8 Å². The second-order valence-electron chi connectivity index (χ2n) is 10.6. The van der Waals surface area contributed by atoms with Crippen molar-refractivity contribution in [3.05, 3.63) is 65.2 Å². The lowest BCUT2D eigenvalue weighted by Crippen LogP contribution is -2.37. The molecule has 1 fully saturated rings. The monoisotopic (exact) mass is 550 g/mol. The smallest absolute Gasteiger partial charge is 0.315 e. The Hall–Kier alpha value is -3.57. The summed E-state index contributed by atoms with van der Waals surface area (Å²) in [5.41, 5.74) is 2.68. The highest BCUT2D eigenvalue weighted by Crippen LogP contribution is 2.46. The van der Waals surface area contributed by atoms with Crippen LogP contribution in [-0.4, -0.2) is 43.4 Å². The Balaban J connectivity index is 1.65. The standard InChI is InChI=1S/C28H34N6O4S/c1-4-30-28(36)34-24-12-23(33-27(35)18-6-5-9-29-14-18)20-11-25(39(37,38)32-13-16(2)3)19-10-22(17-7-8-17)31-15-21(19)26(20)24/h5-6,9-11,14-17,23-24,32H,4,7-8,12-13H2,1-3H3,(H,33,35)(H2,30,34,36)/t23-,24-/m1/s1. The number of hydrogen-bond donors (Lipinski definition) is 4. The van der Waals surface area contributed by atoms with Crippen molar-refractivity contribution in [1.29, 1.82) is 0 Å². The molecular formula is C28H34N6O4S. The van der Waals surface area contributed by atoms with Crippen LogP contribution in [0.15, 0.2) is 47.8 Å². The molecule has 11 heteroatoms. The first-order valence-electron chi connectivity index (χ1n) is 13.4. The van der Waals surface area contributed by atoms with Crippen LogP contribution in [-0.2, 0) is 10.0 Å². The highest BCUT2D eigenvalue weighted by molar-refractivity contribution is 7.89. The Morgan fingerprint density at radius 1 is 1.08 bits per heavy atom. The molecule has 0 saturated heterocycles. The van der Waals surface area contributed by atoms with Gasteiger partial charge in [0, 0.05) is 54.1 Å². The van der Waals surface area contributed by atoms with E-state index in [1.54, 1.807) is 30.6 Å². The minimum atomic E-state index is -3.88. The van der Waals surface area contributed by atoms with Gasteiger partial charge < -0.3 is 16.0 Å². The fraction of sp³-hybridized carbons (Fsp3) is 0.429. The number of carbonyl (C=O) groups excluding carboxylic acids is 2. The molecule has 0 unspecified atom stereocenters. The molecule has 2 atom stereocenters. The Labute approximate surface area is 228 Å². The maximum atomic E-state index is 13.6. The van der Waals surface area contributed by atoms with E-state index in [1.165, 1.54) is 6.20 Å². The van der Waals surface area contributed by atoms with Gasteiger partial charge >= 0.3 is 6.03 Å². The SMILES string of the molecule is CCNC(=O)N[C@@H]1C[C@@H](NC(=O)c2cccnc2)c2cc(S(=O)(=O)NCC(C)C)c3cc(C4CC4)ncc3c21. The third kappa shape index (κ3) is 5.74. The zero-order valence-corrected chi connectivity index (χ0v) is 23.1. The van der Waals surface area contributed by atoms with E-state index in [4.69, 9.17) is 0 Å². The minimum absolute atomic E-state index is 0.126. The Bertz CT molecular complexity index is 1510. The number of rotatable bonds is 9. The zero-order valence-electron chi connectivity index (χ0n) is 22.3. The molecule has 2 heterocycles. The Kier molecular flexibility index (Phi) is 7.55. The molecule has 2 aliphatic rings. The van der Waals surface area contributed by atoms with E-state index in [0.717, 1.165) is 24.1 Å². The van der Waals surface area contributed by atoms with E-state index in [2.05, 4.69) is 30.6 Å². The van der Waals surface area contributed by atoms with Crippen molar-refractivity contribution in [2.75, 3.05) is 13.1 Å². The van der Waals surface area contributed by atoms with Crippen LogP contribution in [0.2, 0.25) is 0 Å². The molecule has 3 aromatic rings. The molecule has 0 aliphatic heterocycles. The van der Waals surface area contributed by atoms with Gasteiger partial charge in [-0.25, -0.2) is 17.9 Å². The van der Waals surface area contributed by atoms with Crippen LogP contribution in [0, 0.1) is 5.92 Å². The number of urea groups is 1. The summed E-state index contributed by atoms with van der Waals surface area (Å²) >= 11 is 0. The average molecular weight is 551 g/mol. The molecule has 2 aliphatic carbocycles. The van der Waals surface area contributed by atoms with Crippen LogP contribution < -0.4 is 20.7 Å². The molecule has 2 aromatic heterocycles. The average Bonchev–Trinajstić information content (AvgIpc) is 3.71. The predicted molar refractivity (Wildman–Crippen MR) is 148 cm³/mol. The summed E-state index contributed by atoms with van der Waals surface area (Å²) in [4.78, 5) is 34.5. The number of pyridine rings is 2. The highest BCUT2D eigenvalue weighted by Gasteiger charge is 2.37. The molecule has 5 rings (SSSR count). The summed E-state index contributed by atoms with van der Waals surface area (Å²) in [6.07, 6.45) is 7.21. The number of benzene rings is 1. The summed E-state index contributed by atoms with van der Waals surface area (Å²) in [5.74, 6) is 0.126. The molecule has 206 valence electrons.